The molecule has 4 heterocycles. The first-order valence-corrected chi connectivity index (χ1v) is 13.4. The van der Waals surface area contributed by atoms with Gasteiger partial charge in [-0.05, 0) is 61.1 Å². The van der Waals surface area contributed by atoms with Crippen LogP contribution >= 0.6 is 0 Å². The zero-order chi connectivity index (χ0) is 27.5. The Morgan fingerprint density at radius 3 is 2.79 bits per heavy atom. The molecular weight excluding hydrogens is 499 g/mol. The summed E-state index contributed by atoms with van der Waals surface area (Å²) in [5.74, 6) is -0.541. The number of aromatic nitrogens is 1. The van der Waals surface area contributed by atoms with Crippen molar-refractivity contribution >= 4 is 17.6 Å². The molecule has 3 aliphatic rings. The van der Waals surface area contributed by atoms with Crippen LogP contribution in [0.15, 0.2) is 52.7 Å². The van der Waals surface area contributed by atoms with Crippen molar-refractivity contribution in [3.05, 3.63) is 70.3 Å². The molecule has 1 unspecified atom stereocenters. The van der Waals surface area contributed by atoms with Gasteiger partial charge >= 0.3 is 5.97 Å². The average Bonchev–Trinajstić information content (AvgIpc) is 3.37. The zero-order valence-corrected chi connectivity index (χ0v) is 22.8. The van der Waals surface area contributed by atoms with E-state index in [0.29, 0.717) is 63.4 Å². The number of halogens is 1. The van der Waals surface area contributed by atoms with E-state index in [1.807, 2.05) is 28.9 Å². The van der Waals surface area contributed by atoms with E-state index in [4.69, 9.17) is 14.5 Å². The fourth-order valence-corrected chi connectivity index (χ4v) is 6.06. The Balaban J connectivity index is 1.28. The number of likely N-dealkylation sites (tertiary alicyclic amines) is 1. The van der Waals surface area contributed by atoms with Crippen LogP contribution in [-0.4, -0.2) is 79.3 Å². The van der Waals surface area contributed by atoms with E-state index in [9.17, 15) is 14.0 Å². The Kier molecular flexibility index (Phi) is 8.07. The second kappa shape index (κ2) is 11.7. The molecule has 206 valence electrons. The molecule has 1 amide bonds. The molecule has 5 rings (SSSR count). The van der Waals surface area contributed by atoms with E-state index in [0.717, 1.165) is 29.0 Å². The number of esters is 1. The second-order valence-electron chi connectivity index (χ2n) is 10.6. The highest BCUT2D eigenvalue weighted by Crippen LogP contribution is 2.32. The number of rotatable bonds is 7. The Morgan fingerprint density at radius 1 is 1.18 bits per heavy atom. The summed E-state index contributed by atoms with van der Waals surface area (Å²) in [7, 11) is 2.90. The SMILES string of the molecule is COC(=O)C1C[C@@H](CC(=O)N2CCC3=C(C2)C(c2ccnc(C)c2)=NC3)CN(Cc2c(F)cccc2OC)C1. The lowest BCUT2D eigenvalue weighted by Gasteiger charge is -2.38. The summed E-state index contributed by atoms with van der Waals surface area (Å²) in [6, 6.07) is 8.75. The molecule has 1 saturated heterocycles. The van der Waals surface area contributed by atoms with Gasteiger partial charge in [-0.25, -0.2) is 4.39 Å². The Hall–Kier alpha value is -3.59. The molecular formula is C30H35FN4O4. The molecule has 0 radical (unpaired) electrons. The largest absolute Gasteiger partial charge is 0.496 e. The molecule has 2 atom stereocenters. The van der Waals surface area contributed by atoms with Gasteiger partial charge < -0.3 is 14.4 Å². The van der Waals surface area contributed by atoms with Crippen molar-refractivity contribution in [2.24, 2.45) is 16.8 Å². The molecule has 0 spiro atoms. The normalized spacial score (nSPS) is 21.4. The quantitative estimate of drug-likeness (QED) is 0.505. The summed E-state index contributed by atoms with van der Waals surface area (Å²) in [5, 5.41) is 0. The van der Waals surface area contributed by atoms with Crippen molar-refractivity contribution in [2.45, 2.75) is 32.7 Å². The van der Waals surface area contributed by atoms with Crippen molar-refractivity contribution in [1.29, 1.82) is 0 Å². The number of aryl methyl sites for hydroxylation is 1. The van der Waals surface area contributed by atoms with E-state index in [1.165, 1.54) is 25.9 Å². The molecule has 0 saturated carbocycles. The van der Waals surface area contributed by atoms with Gasteiger partial charge in [0.25, 0.3) is 0 Å². The van der Waals surface area contributed by atoms with Gasteiger partial charge in [-0.3, -0.25) is 24.5 Å². The Bertz CT molecular complexity index is 1320. The third kappa shape index (κ3) is 5.88. The van der Waals surface area contributed by atoms with Crippen molar-refractivity contribution in [2.75, 3.05) is 46.9 Å². The molecule has 39 heavy (non-hydrogen) atoms. The number of pyridine rings is 1. The predicted octanol–water partition coefficient (Wildman–Crippen LogP) is 3.57. The number of methoxy groups -OCH3 is 2. The van der Waals surface area contributed by atoms with Crippen LogP contribution in [0.2, 0.25) is 0 Å². The maximum absolute atomic E-state index is 14.7. The molecule has 2 aromatic rings. The maximum Gasteiger partial charge on any atom is 0.309 e. The van der Waals surface area contributed by atoms with E-state index in [1.54, 1.807) is 18.3 Å². The number of ether oxygens (including phenoxy) is 2. The molecule has 1 aromatic carbocycles. The molecule has 0 N–H and O–H groups in total. The molecule has 1 aromatic heterocycles. The number of amides is 1. The summed E-state index contributed by atoms with van der Waals surface area (Å²) < 4.78 is 25.1. The lowest BCUT2D eigenvalue weighted by Crippen LogP contribution is -2.45. The highest BCUT2D eigenvalue weighted by Gasteiger charge is 2.36. The monoisotopic (exact) mass is 534 g/mol. The molecule has 3 aliphatic heterocycles. The van der Waals surface area contributed by atoms with Crippen molar-refractivity contribution in [3.8, 4) is 5.75 Å². The van der Waals surface area contributed by atoms with Crippen LogP contribution in [0.4, 0.5) is 4.39 Å². The number of hydrogen-bond acceptors (Lipinski definition) is 7. The minimum atomic E-state index is -0.376. The Labute approximate surface area is 228 Å². The van der Waals surface area contributed by atoms with Crippen molar-refractivity contribution in [3.63, 3.8) is 0 Å². The van der Waals surface area contributed by atoms with Crippen LogP contribution < -0.4 is 4.74 Å². The lowest BCUT2D eigenvalue weighted by molar-refractivity contribution is -0.149. The molecule has 1 fully saturated rings. The highest BCUT2D eigenvalue weighted by molar-refractivity contribution is 6.15. The molecule has 8 nitrogen and oxygen atoms in total. The fourth-order valence-electron chi connectivity index (χ4n) is 6.06. The molecule has 0 aliphatic carbocycles. The van der Waals surface area contributed by atoms with E-state index < -0.39 is 0 Å². The lowest BCUT2D eigenvalue weighted by atomic mass is 9.86. The van der Waals surface area contributed by atoms with E-state index in [-0.39, 0.29) is 29.5 Å². The van der Waals surface area contributed by atoms with Crippen molar-refractivity contribution < 1.29 is 23.5 Å². The highest BCUT2D eigenvalue weighted by atomic mass is 19.1. The number of benzene rings is 1. The summed E-state index contributed by atoms with van der Waals surface area (Å²) in [6.45, 7) is 5.17. The van der Waals surface area contributed by atoms with Gasteiger partial charge in [0.2, 0.25) is 5.91 Å². The first kappa shape index (κ1) is 27.0. The van der Waals surface area contributed by atoms with Crippen LogP contribution in [0.3, 0.4) is 0 Å². The molecule has 0 bridgehead atoms. The summed E-state index contributed by atoms with van der Waals surface area (Å²) >= 11 is 0. The number of piperidine rings is 1. The summed E-state index contributed by atoms with van der Waals surface area (Å²) in [6.07, 6.45) is 3.49. The van der Waals surface area contributed by atoms with Gasteiger partial charge in [-0.15, -0.1) is 0 Å². The van der Waals surface area contributed by atoms with Gasteiger partial charge in [-0.2, -0.15) is 0 Å². The standard InChI is InChI=1S/C30H35FN4O4/c1-19-11-21(7-9-32-19)29-24-18-35(10-8-22(24)14-33-29)28(36)13-20-12-23(30(37)39-3)16-34(15-20)17-25-26(31)5-4-6-27(25)38-2/h4-7,9,11,20,23H,8,10,12-18H2,1-3H3/t20-,23?/m0/s1. The first-order chi connectivity index (χ1) is 18.9. The number of nitrogens with zero attached hydrogens (tertiary/aromatic N) is 4. The minimum Gasteiger partial charge on any atom is -0.496 e. The zero-order valence-electron chi connectivity index (χ0n) is 22.8. The topological polar surface area (TPSA) is 84.3 Å². The third-order valence-corrected chi connectivity index (χ3v) is 7.98. The second-order valence-corrected chi connectivity index (χ2v) is 10.6. The van der Waals surface area contributed by atoms with Gasteiger partial charge in [0.1, 0.15) is 11.6 Å². The minimum absolute atomic E-state index is 0.0527. The van der Waals surface area contributed by atoms with Gasteiger partial charge in [0.15, 0.2) is 0 Å². The average molecular weight is 535 g/mol. The van der Waals surface area contributed by atoms with Gasteiger partial charge in [-0.1, -0.05) is 6.07 Å². The summed E-state index contributed by atoms with van der Waals surface area (Å²) in [4.78, 5) is 39.1. The van der Waals surface area contributed by atoms with E-state index >= 15 is 0 Å². The van der Waals surface area contributed by atoms with Crippen LogP contribution in [0, 0.1) is 24.6 Å². The number of hydrogen-bond donors (Lipinski definition) is 0. The number of carbonyl (C=O) groups is 2. The Morgan fingerprint density at radius 2 is 2.03 bits per heavy atom. The predicted molar refractivity (Wildman–Crippen MR) is 145 cm³/mol. The van der Waals surface area contributed by atoms with Crippen LogP contribution in [0.25, 0.3) is 0 Å². The van der Waals surface area contributed by atoms with Crippen LogP contribution in [0.5, 0.6) is 5.75 Å². The van der Waals surface area contributed by atoms with Crippen LogP contribution in [0.1, 0.15) is 36.1 Å². The summed E-state index contributed by atoms with van der Waals surface area (Å²) in [5.41, 5.74) is 5.82. The maximum atomic E-state index is 14.7. The van der Waals surface area contributed by atoms with E-state index in [2.05, 4.69) is 4.98 Å². The van der Waals surface area contributed by atoms with Crippen LogP contribution in [-0.2, 0) is 20.9 Å². The fraction of sp³-hybridized carbons (Fsp3) is 0.467. The van der Waals surface area contributed by atoms with Gasteiger partial charge in [0.05, 0.1) is 32.4 Å². The van der Waals surface area contributed by atoms with Crippen molar-refractivity contribution in [1.82, 2.24) is 14.8 Å². The first-order valence-electron chi connectivity index (χ1n) is 13.4. The number of carbonyl (C=O) groups excluding carboxylic acids is 2. The number of aliphatic imine (C=N–C) groups is 1. The smallest absolute Gasteiger partial charge is 0.309 e. The molecule has 9 heteroatoms. The van der Waals surface area contributed by atoms with Gasteiger partial charge in [0, 0.05) is 62.2 Å². The third-order valence-electron chi connectivity index (χ3n) is 7.98.